The topological polar surface area (TPSA) is 57.4 Å². The fraction of sp³-hybridized carbons (Fsp3) is 0.273. The predicted molar refractivity (Wildman–Crippen MR) is 63.4 cm³/mol. The molecule has 0 aliphatic heterocycles. The third kappa shape index (κ3) is 3.48. The number of halogens is 3. The lowest BCUT2D eigenvalue weighted by atomic mass is 10.3. The summed E-state index contributed by atoms with van der Waals surface area (Å²) < 4.78 is 41.6. The van der Waals surface area contributed by atoms with E-state index in [-0.39, 0.29) is 30.7 Å². The Balaban J connectivity index is 2.05. The number of nitrogens with zero attached hydrogens (tertiary/aromatic N) is 2. The minimum absolute atomic E-state index is 0.139. The molecule has 5 nitrogen and oxygen atoms in total. The van der Waals surface area contributed by atoms with Crippen molar-refractivity contribution in [3.63, 3.8) is 0 Å². The highest BCUT2D eigenvalue weighted by atomic mass is 79.9. The van der Waals surface area contributed by atoms with Crippen LogP contribution in [0.2, 0.25) is 0 Å². The maximum Gasteiger partial charge on any atom is 0.252 e. The van der Waals surface area contributed by atoms with Crippen molar-refractivity contribution >= 4 is 15.9 Å². The molecule has 102 valence electrons. The van der Waals surface area contributed by atoms with E-state index >= 15 is 0 Å². The summed E-state index contributed by atoms with van der Waals surface area (Å²) in [5.74, 6) is -1.81. The fourth-order valence-electron chi connectivity index (χ4n) is 1.31. The van der Waals surface area contributed by atoms with E-state index in [4.69, 9.17) is 14.0 Å². The van der Waals surface area contributed by atoms with Crippen molar-refractivity contribution in [2.24, 2.45) is 0 Å². The molecule has 1 aromatic carbocycles. The molecular formula is C11H9BrF2N2O3. The van der Waals surface area contributed by atoms with Gasteiger partial charge in [-0.2, -0.15) is 9.37 Å². The molecule has 0 spiro atoms. The van der Waals surface area contributed by atoms with E-state index < -0.39 is 11.6 Å². The first-order valence-electron chi connectivity index (χ1n) is 5.18. The minimum atomic E-state index is -1.07. The van der Waals surface area contributed by atoms with Gasteiger partial charge in [0.05, 0.1) is 0 Å². The molecular weight excluding hydrogens is 326 g/mol. The van der Waals surface area contributed by atoms with Gasteiger partial charge in [0.2, 0.25) is 11.6 Å². The molecule has 0 fully saturated rings. The summed E-state index contributed by atoms with van der Waals surface area (Å²) in [6.07, 6.45) is 0. The molecule has 0 atom stereocenters. The fourth-order valence-corrected chi connectivity index (χ4v) is 1.72. The van der Waals surface area contributed by atoms with Crippen LogP contribution in [-0.2, 0) is 18.0 Å². The average molecular weight is 335 g/mol. The van der Waals surface area contributed by atoms with Gasteiger partial charge in [0, 0.05) is 11.6 Å². The van der Waals surface area contributed by atoms with Gasteiger partial charge in [0.15, 0.2) is 18.2 Å². The van der Waals surface area contributed by atoms with E-state index in [1.807, 2.05) is 0 Å². The van der Waals surface area contributed by atoms with E-state index in [0.717, 1.165) is 6.07 Å². The molecule has 0 saturated carbocycles. The van der Waals surface area contributed by atoms with Crippen molar-refractivity contribution < 1.29 is 22.8 Å². The molecule has 1 aromatic heterocycles. The molecule has 1 heterocycles. The van der Waals surface area contributed by atoms with Crippen LogP contribution in [0.4, 0.5) is 8.78 Å². The summed E-state index contributed by atoms with van der Waals surface area (Å²) in [5, 5.41) is 3.61. The Kier molecular flexibility index (Phi) is 4.43. The van der Waals surface area contributed by atoms with Crippen molar-refractivity contribution in [1.82, 2.24) is 10.1 Å². The smallest absolute Gasteiger partial charge is 0.252 e. The van der Waals surface area contributed by atoms with Crippen LogP contribution in [0, 0.1) is 11.6 Å². The second-order valence-corrected chi connectivity index (χ2v) is 4.44. The third-order valence-corrected chi connectivity index (χ3v) is 2.55. The molecule has 0 radical (unpaired) electrons. The third-order valence-electron chi connectivity index (χ3n) is 2.09. The summed E-state index contributed by atoms with van der Waals surface area (Å²) in [7, 11) is 1.49. The van der Waals surface area contributed by atoms with E-state index in [2.05, 4.69) is 26.1 Å². The number of benzene rings is 1. The molecule has 0 unspecified atom stereocenters. The van der Waals surface area contributed by atoms with Crippen LogP contribution in [-0.4, -0.2) is 17.3 Å². The lowest BCUT2D eigenvalue weighted by molar-refractivity contribution is 0.151. The second-order valence-electron chi connectivity index (χ2n) is 3.53. The van der Waals surface area contributed by atoms with Gasteiger partial charge in [0.25, 0.3) is 5.89 Å². The van der Waals surface area contributed by atoms with E-state index in [1.165, 1.54) is 13.2 Å². The van der Waals surface area contributed by atoms with Gasteiger partial charge in [-0.3, -0.25) is 0 Å². The maximum atomic E-state index is 13.4. The number of rotatable bonds is 5. The van der Waals surface area contributed by atoms with Crippen LogP contribution in [0.3, 0.4) is 0 Å². The zero-order chi connectivity index (χ0) is 13.8. The normalized spacial score (nSPS) is 10.7. The van der Waals surface area contributed by atoms with Crippen molar-refractivity contribution in [1.29, 1.82) is 0 Å². The lowest BCUT2D eigenvalue weighted by Crippen LogP contribution is -2.01. The SMILES string of the molecule is COCc1nc(COc2cc(Br)cc(F)c2F)no1. The van der Waals surface area contributed by atoms with Crippen LogP contribution in [0.15, 0.2) is 21.1 Å². The van der Waals surface area contributed by atoms with Gasteiger partial charge < -0.3 is 14.0 Å². The first-order valence-corrected chi connectivity index (χ1v) is 5.97. The van der Waals surface area contributed by atoms with E-state index in [1.54, 1.807) is 0 Å². The van der Waals surface area contributed by atoms with Crippen LogP contribution in [0.1, 0.15) is 11.7 Å². The quantitative estimate of drug-likeness (QED) is 0.787. The molecule has 0 aliphatic carbocycles. The zero-order valence-electron chi connectivity index (χ0n) is 9.82. The molecule has 2 aromatic rings. The monoisotopic (exact) mass is 334 g/mol. The average Bonchev–Trinajstić information content (AvgIpc) is 2.80. The van der Waals surface area contributed by atoms with Gasteiger partial charge in [-0.1, -0.05) is 21.1 Å². The highest BCUT2D eigenvalue weighted by molar-refractivity contribution is 9.10. The standard InChI is InChI=1S/C11H9BrF2N2O3/c1-17-5-10-15-9(16-19-10)4-18-8-3-6(12)2-7(13)11(8)14/h2-3H,4-5H2,1H3. The summed E-state index contributed by atoms with van der Waals surface area (Å²) in [6.45, 7) is 0.0346. The van der Waals surface area contributed by atoms with Gasteiger partial charge in [-0.25, -0.2) is 4.39 Å². The number of methoxy groups -OCH3 is 1. The Hall–Kier alpha value is -1.54. The van der Waals surface area contributed by atoms with E-state index in [9.17, 15) is 8.78 Å². The first kappa shape index (κ1) is 13.9. The highest BCUT2D eigenvalue weighted by Crippen LogP contribution is 2.25. The van der Waals surface area contributed by atoms with Crippen molar-refractivity contribution in [2.45, 2.75) is 13.2 Å². The largest absolute Gasteiger partial charge is 0.482 e. The number of hydrogen-bond acceptors (Lipinski definition) is 5. The number of hydrogen-bond donors (Lipinski definition) is 0. The summed E-state index contributed by atoms with van der Waals surface area (Å²) >= 11 is 3.05. The van der Waals surface area contributed by atoms with Crippen molar-refractivity contribution in [2.75, 3.05) is 7.11 Å². The summed E-state index contributed by atoms with van der Waals surface area (Å²) in [4.78, 5) is 3.93. The van der Waals surface area contributed by atoms with Crippen molar-refractivity contribution in [3.05, 3.63) is 40.0 Å². The van der Waals surface area contributed by atoms with Crippen LogP contribution >= 0.6 is 15.9 Å². The molecule has 2 rings (SSSR count). The van der Waals surface area contributed by atoms with E-state index in [0.29, 0.717) is 4.47 Å². The Morgan fingerprint density at radius 3 is 2.84 bits per heavy atom. The molecule has 0 N–H and O–H groups in total. The zero-order valence-corrected chi connectivity index (χ0v) is 11.4. The highest BCUT2D eigenvalue weighted by Gasteiger charge is 2.13. The predicted octanol–water partition coefficient (Wildman–Crippen LogP) is 2.84. The molecule has 19 heavy (non-hydrogen) atoms. The van der Waals surface area contributed by atoms with Crippen LogP contribution < -0.4 is 4.74 Å². The van der Waals surface area contributed by atoms with Gasteiger partial charge in [-0.05, 0) is 12.1 Å². The van der Waals surface area contributed by atoms with Crippen LogP contribution in [0.25, 0.3) is 0 Å². The molecule has 0 aliphatic rings. The minimum Gasteiger partial charge on any atom is -0.482 e. The molecule has 0 saturated heterocycles. The maximum absolute atomic E-state index is 13.4. The Bertz CT molecular complexity index is 577. The Morgan fingerprint density at radius 1 is 1.32 bits per heavy atom. The lowest BCUT2D eigenvalue weighted by Gasteiger charge is -2.05. The van der Waals surface area contributed by atoms with Crippen LogP contribution in [0.5, 0.6) is 5.75 Å². The summed E-state index contributed by atoms with van der Waals surface area (Å²) in [6, 6.07) is 2.32. The number of ether oxygens (including phenoxy) is 2. The molecule has 0 bridgehead atoms. The first-order chi connectivity index (χ1) is 9.10. The summed E-state index contributed by atoms with van der Waals surface area (Å²) in [5.41, 5.74) is 0. The second kappa shape index (κ2) is 6.07. The Labute approximate surface area is 115 Å². The van der Waals surface area contributed by atoms with Gasteiger partial charge >= 0.3 is 0 Å². The van der Waals surface area contributed by atoms with Gasteiger partial charge in [-0.15, -0.1) is 0 Å². The Morgan fingerprint density at radius 2 is 2.11 bits per heavy atom. The van der Waals surface area contributed by atoms with Gasteiger partial charge in [0.1, 0.15) is 6.61 Å². The number of aromatic nitrogens is 2. The van der Waals surface area contributed by atoms with Crippen molar-refractivity contribution in [3.8, 4) is 5.75 Å². The molecule has 0 amide bonds. The molecule has 8 heteroatoms.